The summed E-state index contributed by atoms with van der Waals surface area (Å²) in [5.74, 6) is 0.101. The molecule has 10 heteroatoms. The smallest absolute Gasteiger partial charge is 0.233 e. The van der Waals surface area contributed by atoms with E-state index in [1.165, 1.54) is 17.8 Å². The molecule has 1 aliphatic heterocycles. The van der Waals surface area contributed by atoms with Crippen molar-refractivity contribution in [2.24, 2.45) is 0 Å². The van der Waals surface area contributed by atoms with Gasteiger partial charge in [-0.3, -0.25) is 4.79 Å². The number of rotatable bonds is 6. The Morgan fingerprint density at radius 2 is 1.96 bits per heavy atom. The molecule has 1 fully saturated rings. The van der Waals surface area contributed by atoms with E-state index in [4.69, 9.17) is 0 Å². The molecule has 1 aliphatic rings. The topological polar surface area (TPSA) is 67.2 Å². The van der Waals surface area contributed by atoms with Crippen LogP contribution in [0.15, 0.2) is 46.9 Å². The van der Waals surface area contributed by atoms with Crippen LogP contribution < -0.4 is 4.90 Å². The largest absolute Gasteiger partial charge is 0.366 e. The highest BCUT2D eigenvalue weighted by molar-refractivity contribution is 7.99. The Labute approximate surface area is 170 Å². The molecule has 0 bridgehead atoms. The summed E-state index contributed by atoms with van der Waals surface area (Å²) >= 11 is 2.99. The van der Waals surface area contributed by atoms with E-state index in [-0.39, 0.29) is 17.5 Å². The van der Waals surface area contributed by atoms with Gasteiger partial charge in [-0.05, 0) is 34.0 Å². The number of tetrazole rings is 1. The number of piperazine rings is 1. The molecule has 1 aromatic carbocycles. The van der Waals surface area contributed by atoms with E-state index >= 15 is 0 Å². The molecule has 1 saturated heterocycles. The second-order valence-corrected chi connectivity index (χ2v) is 8.28. The fourth-order valence-corrected chi connectivity index (χ4v) is 4.54. The maximum Gasteiger partial charge on any atom is 0.233 e. The van der Waals surface area contributed by atoms with Crippen molar-refractivity contribution in [1.29, 1.82) is 0 Å². The number of hydrogen-bond donors (Lipinski definition) is 0. The van der Waals surface area contributed by atoms with Gasteiger partial charge >= 0.3 is 0 Å². The molecule has 28 heavy (non-hydrogen) atoms. The first kappa shape index (κ1) is 18.9. The number of carbonyl (C=O) groups is 1. The third-order valence-electron chi connectivity index (χ3n) is 4.54. The summed E-state index contributed by atoms with van der Waals surface area (Å²) in [6.07, 6.45) is 0. The van der Waals surface area contributed by atoms with Gasteiger partial charge in [-0.2, -0.15) is 0 Å². The highest BCUT2D eigenvalue weighted by Gasteiger charge is 2.23. The number of nitrogens with zero attached hydrogens (tertiary/aromatic N) is 6. The molecule has 3 aromatic rings. The molecule has 0 aliphatic carbocycles. The van der Waals surface area contributed by atoms with Gasteiger partial charge in [-0.25, -0.2) is 9.07 Å². The fourth-order valence-electron chi connectivity index (χ4n) is 3.07. The van der Waals surface area contributed by atoms with E-state index in [9.17, 15) is 9.18 Å². The second-order valence-electron chi connectivity index (χ2n) is 6.31. The second kappa shape index (κ2) is 8.70. The summed E-state index contributed by atoms with van der Waals surface area (Å²) in [6.45, 7) is 2.99. The molecule has 2 aromatic heterocycles. The molecule has 0 spiro atoms. The van der Waals surface area contributed by atoms with Crippen molar-refractivity contribution >= 4 is 34.7 Å². The number of thioether (sulfide) groups is 1. The van der Waals surface area contributed by atoms with Crippen LogP contribution in [-0.4, -0.2) is 62.9 Å². The lowest BCUT2D eigenvalue weighted by atomic mass is 10.2. The number of carbonyl (C=O) groups excluding carboxylic acids is 1. The SMILES string of the molecule is O=C(CSc1nnnn1Cc1cccs1)N1CCN(c2ccccc2F)CC1. The Morgan fingerprint density at radius 1 is 1.14 bits per heavy atom. The first-order chi connectivity index (χ1) is 13.7. The highest BCUT2D eigenvalue weighted by Crippen LogP contribution is 2.21. The van der Waals surface area contributed by atoms with Gasteiger partial charge < -0.3 is 9.80 Å². The van der Waals surface area contributed by atoms with Crippen molar-refractivity contribution in [2.75, 3.05) is 36.8 Å². The molecule has 0 N–H and O–H groups in total. The number of benzene rings is 1. The number of hydrogen-bond acceptors (Lipinski definition) is 7. The number of anilines is 1. The summed E-state index contributed by atoms with van der Waals surface area (Å²) in [4.78, 5) is 17.5. The zero-order valence-corrected chi connectivity index (χ0v) is 16.7. The van der Waals surface area contributed by atoms with Gasteiger partial charge in [-0.15, -0.1) is 16.4 Å². The lowest BCUT2D eigenvalue weighted by Crippen LogP contribution is -2.49. The van der Waals surface area contributed by atoms with Crippen LogP contribution in [0.3, 0.4) is 0 Å². The van der Waals surface area contributed by atoms with Crippen molar-refractivity contribution in [3.8, 4) is 0 Å². The van der Waals surface area contributed by atoms with Crippen LogP contribution >= 0.6 is 23.1 Å². The van der Waals surface area contributed by atoms with Crippen LogP contribution in [-0.2, 0) is 11.3 Å². The van der Waals surface area contributed by atoms with Crippen LogP contribution in [0.5, 0.6) is 0 Å². The van der Waals surface area contributed by atoms with Crippen molar-refractivity contribution in [3.63, 3.8) is 0 Å². The lowest BCUT2D eigenvalue weighted by molar-refractivity contribution is -0.128. The summed E-state index contributed by atoms with van der Waals surface area (Å²) in [6, 6.07) is 10.8. The Kier molecular flexibility index (Phi) is 5.87. The molecule has 0 radical (unpaired) electrons. The van der Waals surface area contributed by atoms with Gasteiger partial charge in [0.25, 0.3) is 0 Å². The van der Waals surface area contributed by atoms with Crippen molar-refractivity contribution in [2.45, 2.75) is 11.7 Å². The zero-order chi connectivity index (χ0) is 19.3. The Bertz CT molecular complexity index is 924. The van der Waals surface area contributed by atoms with Gasteiger partial charge in [0, 0.05) is 31.1 Å². The van der Waals surface area contributed by atoms with E-state index in [0.29, 0.717) is 43.6 Å². The third-order valence-corrected chi connectivity index (χ3v) is 6.34. The minimum absolute atomic E-state index is 0.0452. The van der Waals surface area contributed by atoms with Gasteiger partial charge in [0.15, 0.2) is 0 Å². The summed E-state index contributed by atoms with van der Waals surface area (Å²) in [7, 11) is 0. The zero-order valence-electron chi connectivity index (χ0n) is 15.1. The quantitative estimate of drug-likeness (QED) is 0.573. The van der Waals surface area contributed by atoms with Gasteiger partial charge in [0.05, 0.1) is 18.0 Å². The van der Waals surface area contributed by atoms with Crippen LogP contribution in [0.4, 0.5) is 10.1 Å². The Morgan fingerprint density at radius 3 is 2.71 bits per heavy atom. The van der Waals surface area contributed by atoms with Crippen LogP contribution in [0, 0.1) is 5.82 Å². The predicted octanol–water partition coefficient (Wildman–Crippen LogP) is 2.36. The molecule has 7 nitrogen and oxygen atoms in total. The van der Waals surface area contributed by atoms with E-state index < -0.39 is 0 Å². The number of halogens is 1. The van der Waals surface area contributed by atoms with Gasteiger partial charge in [0.2, 0.25) is 11.1 Å². The Balaban J connectivity index is 1.29. The molecule has 0 saturated carbocycles. The normalized spacial score (nSPS) is 14.5. The summed E-state index contributed by atoms with van der Waals surface area (Å²) < 4.78 is 15.6. The van der Waals surface area contributed by atoms with E-state index in [1.807, 2.05) is 33.4 Å². The first-order valence-electron chi connectivity index (χ1n) is 8.89. The molecule has 146 valence electrons. The minimum atomic E-state index is -0.226. The van der Waals surface area contributed by atoms with Crippen molar-refractivity contribution in [1.82, 2.24) is 25.1 Å². The van der Waals surface area contributed by atoms with E-state index in [2.05, 4.69) is 15.5 Å². The molecular weight excluding hydrogens is 399 g/mol. The first-order valence-corrected chi connectivity index (χ1v) is 10.8. The van der Waals surface area contributed by atoms with Crippen LogP contribution in [0.1, 0.15) is 4.88 Å². The molecule has 0 atom stereocenters. The predicted molar refractivity (Wildman–Crippen MR) is 107 cm³/mol. The van der Waals surface area contributed by atoms with E-state index in [1.54, 1.807) is 28.2 Å². The van der Waals surface area contributed by atoms with Crippen molar-refractivity contribution in [3.05, 3.63) is 52.5 Å². The molecule has 3 heterocycles. The maximum absolute atomic E-state index is 13.9. The number of para-hydroxylation sites is 1. The summed E-state index contributed by atoms with van der Waals surface area (Å²) in [5.41, 5.74) is 0.594. The highest BCUT2D eigenvalue weighted by atomic mass is 32.2. The fraction of sp³-hybridized carbons (Fsp3) is 0.333. The van der Waals surface area contributed by atoms with Crippen molar-refractivity contribution < 1.29 is 9.18 Å². The van der Waals surface area contributed by atoms with E-state index in [0.717, 1.165) is 4.88 Å². The average Bonchev–Trinajstić information content (AvgIpc) is 3.39. The maximum atomic E-state index is 13.9. The standard InChI is InChI=1S/C18H19FN6OS2/c19-15-5-1-2-6-16(15)23-7-9-24(10-8-23)17(26)13-28-18-20-21-22-25(18)12-14-4-3-11-27-14/h1-6,11H,7-10,12-13H2. The van der Waals surface area contributed by atoms with Gasteiger partial charge in [-0.1, -0.05) is 30.0 Å². The van der Waals surface area contributed by atoms with Crippen LogP contribution in [0.2, 0.25) is 0 Å². The molecular formula is C18H19FN6OS2. The molecule has 1 amide bonds. The third kappa shape index (κ3) is 4.33. The lowest BCUT2D eigenvalue weighted by Gasteiger charge is -2.36. The van der Waals surface area contributed by atoms with Crippen LogP contribution in [0.25, 0.3) is 0 Å². The van der Waals surface area contributed by atoms with Gasteiger partial charge in [0.1, 0.15) is 5.82 Å². The summed E-state index contributed by atoms with van der Waals surface area (Å²) in [5, 5.41) is 14.4. The average molecular weight is 419 g/mol. The number of aromatic nitrogens is 4. The number of amides is 1. The number of thiophene rings is 1. The molecule has 0 unspecified atom stereocenters. The Hall–Kier alpha value is -2.46. The minimum Gasteiger partial charge on any atom is -0.366 e. The molecule has 4 rings (SSSR count). The monoisotopic (exact) mass is 418 g/mol.